The number of aromatic nitrogens is 2. The SMILES string of the molecule is Cn1c(=O)[n+](C2CCCCC2)cc2ccccc21. The van der Waals surface area contributed by atoms with E-state index in [2.05, 4.69) is 6.07 Å². The number of benzene rings is 1. The molecule has 1 aromatic carbocycles. The van der Waals surface area contributed by atoms with Crippen molar-refractivity contribution < 1.29 is 4.57 Å². The van der Waals surface area contributed by atoms with Crippen molar-refractivity contribution in [3.8, 4) is 0 Å². The molecule has 2 aromatic rings. The lowest BCUT2D eigenvalue weighted by Crippen LogP contribution is -2.57. The number of para-hydroxylation sites is 1. The van der Waals surface area contributed by atoms with Crippen molar-refractivity contribution in [3.05, 3.63) is 40.9 Å². The zero-order valence-corrected chi connectivity index (χ0v) is 10.8. The van der Waals surface area contributed by atoms with Crippen LogP contribution in [0.25, 0.3) is 10.9 Å². The lowest BCUT2D eigenvalue weighted by atomic mass is 9.95. The summed E-state index contributed by atoms with van der Waals surface area (Å²) in [6, 6.07) is 8.47. The zero-order chi connectivity index (χ0) is 12.5. The Morgan fingerprint density at radius 1 is 1.17 bits per heavy atom. The lowest BCUT2D eigenvalue weighted by Gasteiger charge is -2.19. The number of hydrogen-bond donors (Lipinski definition) is 0. The highest BCUT2D eigenvalue weighted by Gasteiger charge is 2.23. The summed E-state index contributed by atoms with van der Waals surface area (Å²) in [6.07, 6.45) is 8.11. The first kappa shape index (κ1) is 11.5. The second-order valence-electron chi connectivity index (χ2n) is 5.23. The predicted molar refractivity (Wildman–Crippen MR) is 71.5 cm³/mol. The van der Waals surface area contributed by atoms with Crippen molar-refractivity contribution in [3.63, 3.8) is 0 Å². The van der Waals surface area contributed by atoms with Gasteiger partial charge < -0.3 is 0 Å². The maximum atomic E-state index is 12.4. The van der Waals surface area contributed by atoms with Crippen LogP contribution in [0.2, 0.25) is 0 Å². The molecule has 1 aliphatic rings. The first-order valence-electron chi connectivity index (χ1n) is 6.77. The van der Waals surface area contributed by atoms with Gasteiger partial charge in [-0.1, -0.05) is 18.6 Å². The first-order chi connectivity index (χ1) is 8.77. The average Bonchev–Trinajstić information content (AvgIpc) is 2.44. The Bertz CT molecular complexity index is 624. The molecule has 18 heavy (non-hydrogen) atoms. The van der Waals surface area contributed by atoms with Crippen LogP contribution in [0.5, 0.6) is 0 Å². The van der Waals surface area contributed by atoms with Crippen molar-refractivity contribution >= 4 is 10.9 Å². The van der Waals surface area contributed by atoms with Crippen LogP contribution in [0.15, 0.2) is 35.3 Å². The van der Waals surface area contributed by atoms with E-state index in [9.17, 15) is 4.79 Å². The Hall–Kier alpha value is -1.64. The van der Waals surface area contributed by atoms with Crippen LogP contribution in [0.1, 0.15) is 38.1 Å². The Balaban J connectivity index is 2.17. The van der Waals surface area contributed by atoms with Crippen molar-refractivity contribution in [2.24, 2.45) is 7.05 Å². The molecule has 1 heterocycles. The molecule has 0 N–H and O–H groups in total. The maximum absolute atomic E-state index is 12.4. The summed E-state index contributed by atoms with van der Waals surface area (Å²) in [6.45, 7) is 0. The van der Waals surface area contributed by atoms with Crippen LogP contribution < -0.4 is 10.3 Å². The molecule has 0 amide bonds. The van der Waals surface area contributed by atoms with E-state index in [1.54, 1.807) is 4.57 Å². The molecular formula is C15H19N2O+. The molecule has 1 fully saturated rings. The van der Waals surface area contributed by atoms with E-state index in [1.165, 1.54) is 19.3 Å². The van der Waals surface area contributed by atoms with Crippen molar-refractivity contribution in [1.29, 1.82) is 0 Å². The minimum Gasteiger partial charge on any atom is -0.197 e. The van der Waals surface area contributed by atoms with Gasteiger partial charge in [-0.3, -0.25) is 0 Å². The summed E-state index contributed by atoms with van der Waals surface area (Å²) in [5.74, 6) is 0. The third-order valence-electron chi connectivity index (χ3n) is 4.05. The van der Waals surface area contributed by atoms with Gasteiger partial charge in [0.1, 0.15) is 17.8 Å². The van der Waals surface area contributed by atoms with E-state index in [0.717, 1.165) is 23.7 Å². The fraction of sp³-hybridized carbons (Fsp3) is 0.467. The molecule has 0 radical (unpaired) electrons. The molecule has 1 aromatic heterocycles. The fourth-order valence-electron chi connectivity index (χ4n) is 3.00. The number of aryl methyl sites for hydroxylation is 1. The zero-order valence-electron chi connectivity index (χ0n) is 10.8. The molecule has 0 aliphatic heterocycles. The molecule has 0 atom stereocenters. The van der Waals surface area contributed by atoms with Crippen LogP contribution >= 0.6 is 0 Å². The summed E-state index contributed by atoms with van der Waals surface area (Å²) in [5, 5.41) is 1.14. The number of fused-ring (bicyclic) bond motifs is 1. The average molecular weight is 243 g/mol. The second-order valence-corrected chi connectivity index (χ2v) is 5.23. The van der Waals surface area contributed by atoms with Gasteiger partial charge in [0.05, 0.1) is 12.4 Å². The van der Waals surface area contributed by atoms with E-state index in [-0.39, 0.29) is 5.69 Å². The molecule has 3 nitrogen and oxygen atoms in total. The quantitative estimate of drug-likeness (QED) is 0.706. The predicted octanol–water partition coefficient (Wildman–Crippen LogP) is 2.33. The molecule has 0 saturated heterocycles. The molecule has 1 saturated carbocycles. The Morgan fingerprint density at radius 2 is 1.89 bits per heavy atom. The van der Waals surface area contributed by atoms with E-state index in [0.29, 0.717) is 6.04 Å². The third-order valence-corrected chi connectivity index (χ3v) is 4.05. The van der Waals surface area contributed by atoms with Crippen LogP contribution in [0.4, 0.5) is 0 Å². The van der Waals surface area contributed by atoms with Gasteiger partial charge >= 0.3 is 5.69 Å². The van der Waals surface area contributed by atoms with Crippen LogP contribution in [0.3, 0.4) is 0 Å². The first-order valence-corrected chi connectivity index (χ1v) is 6.77. The summed E-state index contributed by atoms with van der Waals surface area (Å²) in [7, 11) is 1.87. The summed E-state index contributed by atoms with van der Waals surface area (Å²) < 4.78 is 3.71. The van der Waals surface area contributed by atoms with Crippen molar-refractivity contribution in [1.82, 2.24) is 4.57 Å². The lowest BCUT2D eigenvalue weighted by molar-refractivity contribution is -0.741. The summed E-state index contributed by atoms with van der Waals surface area (Å²) in [4.78, 5) is 12.4. The minimum atomic E-state index is 0.112. The van der Waals surface area contributed by atoms with E-state index >= 15 is 0 Å². The van der Waals surface area contributed by atoms with Crippen LogP contribution in [0, 0.1) is 0 Å². The standard InChI is InChI=1S/C15H19N2O/c1-16-14-10-6-5-7-12(14)11-17(15(16)18)13-8-3-2-4-9-13/h5-7,10-11,13H,2-4,8-9H2,1H3/q+1. The van der Waals surface area contributed by atoms with Crippen LogP contribution in [-0.2, 0) is 7.05 Å². The smallest absolute Gasteiger partial charge is 0.197 e. The Kier molecular flexibility index (Phi) is 2.90. The van der Waals surface area contributed by atoms with Gasteiger partial charge in [-0.25, -0.2) is 0 Å². The summed E-state index contributed by atoms with van der Waals surface area (Å²) >= 11 is 0. The monoisotopic (exact) mass is 243 g/mol. The van der Waals surface area contributed by atoms with Crippen LogP contribution in [-0.4, -0.2) is 4.57 Å². The minimum absolute atomic E-state index is 0.112. The van der Waals surface area contributed by atoms with Gasteiger partial charge in [-0.15, -0.1) is 0 Å². The molecule has 1 aliphatic carbocycles. The molecule has 0 unspecified atom stereocenters. The van der Waals surface area contributed by atoms with Gasteiger partial charge in [0.2, 0.25) is 0 Å². The normalized spacial score (nSPS) is 17.2. The Labute approximate surface area is 107 Å². The van der Waals surface area contributed by atoms with E-state index in [4.69, 9.17) is 0 Å². The van der Waals surface area contributed by atoms with E-state index in [1.807, 2.05) is 36.0 Å². The number of rotatable bonds is 1. The fourth-order valence-corrected chi connectivity index (χ4v) is 3.00. The van der Waals surface area contributed by atoms with Gasteiger partial charge in [-0.05, 0) is 37.8 Å². The molecule has 0 spiro atoms. The summed E-state index contributed by atoms with van der Waals surface area (Å²) in [5.41, 5.74) is 1.12. The topological polar surface area (TPSA) is 25.9 Å². The highest BCUT2D eigenvalue weighted by Crippen LogP contribution is 2.23. The molecule has 3 rings (SSSR count). The second kappa shape index (κ2) is 4.56. The van der Waals surface area contributed by atoms with Gasteiger partial charge in [0.25, 0.3) is 0 Å². The largest absolute Gasteiger partial charge is 0.498 e. The molecular weight excluding hydrogens is 224 g/mol. The number of hydrogen-bond acceptors (Lipinski definition) is 1. The molecule has 3 heteroatoms. The van der Waals surface area contributed by atoms with Gasteiger partial charge in [0.15, 0.2) is 0 Å². The van der Waals surface area contributed by atoms with E-state index < -0.39 is 0 Å². The highest BCUT2D eigenvalue weighted by molar-refractivity contribution is 5.76. The van der Waals surface area contributed by atoms with Gasteiger partial charge in [0, 0.05) is 0 Å². The van der Waals surface area contributed by atoms with Gasteiger partial charge in [-0.2, -0.15) is 13.9 Å². The number of nitrogens with zero attached hydrogens (tertiary/aromatic N) is 2. The third kappa shape index (κ3) is 1.84. The van der Waals surface area contributed by atoms with Crippen molar-refractivity contribution in [2.45, 2.75) is 38.1 Å². The Morgan fingerprint density at radius 3 is 2.67 bits per heavy atom. The van der Waals surface area contributed by atoms with Crippen molar-refractivity contribution in [2.75, 3.05) is 0 Å². The molecule has 0 bridgehead atoms. The highest BCUT2D eigenvalue weighted by atomic mass is 16.1. The molecule has 94 valence electrons. The maximum Gasteiger partial charge on any atom is 0.498 e.